The van der Waals surface area contributed by atoms with Gasteiger partial charge in [-0.05, 0) is 31.0 Å². The van der Waals surface area contributed by atoms with E-state index in [0.29, 0.717) is 31.0 Å². The number of nitrogens with one attached hydrogen (secondary N) is 1. The van der Waals surface area contributed by atoms with Crippen molar-refractivity contribution in [2.24, 2.45) is 0 Å². The number of benzene rings is 1. The number of hydrogen-bond donors (Lipinski definition) is 3. The van der Waals surface area contributed by atoms with Crippen LogP contribution in [0.3, 0.4) is 0 Å². The summed E-state index contributed by atoms with van der Waals surface area (Å²) in [5.74, 6) is -0.292. The molecule has 5 heteroatoms. The maximum atomic E-state index is 13.1. The Labute approximate surface area is 101 Å². The summed E-state index contributed by atoms with van der Waals surface area (Å²) >= 11 is 0. The second-order valence-electron chi connectivity index (χ2n) is 3.80. The molecule has 0 radical (unpaired) electrons. The minimum absolute atomic E-state index is 0.0392. The number of nitrogens with two attached hydrogens (primary N) is 1. The Morgan fingerprint density at radius 3 is 2.88 bits per heavy atom. The molecule has 1 aromatic carbocycles. The van der Waals surface area contributed by atoms with Gasteiger partial charge < -0.3 is 20.9 Å². The number of anilines is 2. The lowest BCUT2D eigenvalue weighted by atomic mass is 10.2. The predicted octanol–water partition coefficient (Wildman–Crippen LogP) is 1.53. The Bertz CT molecular complexity index is 359. The smallest absolute Gasteiger partial charge is 0.128 e. The zero-order valence-electron chi connectivity index (χ0n) is 10.0. The molecule has 0 atom stereocenters. The molecule has 0 aromatic heterocycles. The minimum atomic E-state index is -0.292. The summed E-state index contributed by atoms with van der Waals surface area (Å²) in [6.45, 7) is 3.37. The van der Waals surface area contributed by atoms with Crippen molar-refractivity contribution in [3.63, 3.8) is 0 Å². The van der Waals surface area contributed by atoms with E-state index < -0.39 is 0 Å². The molecule has 0 amide bonds. The van der Waals surface area contributed by atoms with Gasteiger partial charge in [-0.25, -0.2) is 4.39 Å². The van der Waals surface area contributed by atoms with Crippen LogP contribution in [0.5, 0.6) is 0 Å². The van der Waals surface area contributed by atoms with Crippen molar-refractivity contribution in [3.05, 3.63) is 23.5 Å². The van der Waals surface area contributed by atoms with Crippen molar-refractivity contribution in [1.29, 1.82) is 0 Å². The van der Waals surface area contributed by atoms with E-state index in [4.69, 9.17) is 15.6 Å². The first-order valence-electron chi connectivity index (χ1n) is 5.63. The highest BCUT2D eigenvalue weighted by Gasteiger charge is 2.03. The normalized spacial score (nSPS) is 10.5. The molecule has 96 valence electrons. The summed E-state index contributed by atoms with van der Waals surface area (Å²) in [6, 6.07) is 3.01. The van der Waals surface area contributed by atoms with E-state index in [2.05, 4.69) is 5.32 Å². The van der Waals surface area contributed by atoms with Gasteiger partial charge in [0.2, 0.25) is 0 Å². The van der Waals surface area contributed by atoms with Crippen molar-refractivity contribution in [3.8, 4) is 0 Å². The third kappa shape index (κ3) is 4.58. The lowest BCUT2D eigenvalue weighted by Gasteiger charge is -2.10. The predicted molar refractivity (Wildman–Crippen MR) is 66.6 cm³/mol. The first-order valence-corrected chi connectivity index (χ1v) is 5.63. The van der Waals surface area contributed by atoms with E-state index in [1.54, 1.807) is 13.0 Å². The molecule has 0 saturated carbocycles. The van der Waals surface area contributed by atoms with Gasteiger partial charge in [0, 0.05) is 13.2 Å². The fourth-order valence-electron chi connectivity index (χ4n) is 1.41. The average Bonchev–Trinajstić information content (AvgIpc) is 2.30. The number of hydrogen-bond acceptors (Lipinski definition) is 4. The fraction of sp³-hybridized carbons (Fsp3) is 0.500. The molecular weight excluding hydrogens is 223 g/mol. The molecule has 0 unspecified atom stereocenters. The number of halogens is 1. The van der Waals surface area contributed by atoms with E-state index in [1.807, 2.05) is 0 Å². The zero-order valence-corrected chi connectivity index (χ0v) is 10.0. The number of rotatable bonds is 7. The number of nitrogen functional groups attached to an aromatic ring is 1. The van der Waals surface area contributed by atoms with E-state index in [-0.39, 0.29) is 12.4 Å². The molecule has 0 heterocycles. The lowest BCUT2D eigenvalue weighted by molar-refractivity contribution is 0.0922. The van der Waals surface area contributed by atoms with Gasteiger partial charge >= 0.3 is 0 Å². The number of aliphatic hydroxyl groups is 1. The van der Waals surface area contributed by atoms with E-state index in [9.17, 15) is 4.39 Å². The van der Waals surface area contributed by atoms with Crippen LogP contribution in [0.1, 0.15) is 12.0 Å². The van der Waals surface area contributed by atoms with Crippen molar-refractivity contribution < 1.29 is 14.2 Å². The van der Waals surface area contributed by atoms with Crippen LogP contribution in [0.4, 0.5) is 15.8 Å². The van der Waals surface area contributed by atoms with Crippen LogP contribution in [0.25, 0.3) is 0 Å². The summed E-state index contributed by atoms with van der Waals surface area (Å²) in [6.07, 6.45) is 0.801. The summed E-state index contributed by atoms with van der Waals surface area (Å²) in [7, 11) is 0. The van der Waals surface area contributed by atoms with Gasteiger partial charge in [-0.3, -0.25) is 0 Å². The highest BCUT2D eigenvalue weighted by molar-refractivity contribution is 5.67. The van der Waals surface area contributed by atoms with Crippen LogP contribution in [0.2, 0.25) is 0 Å². The monoisotopic (exact) mass is 242 g/mol. The molecule has 17 heavy (non-hydrogen) atoms. The quantitative estimate of drug-likeness (QED) is 0.501. The van der Waals surface area contributed by atoms with Gasteiger partial charge in [0.15, 0.2) is 0 Å². The molecule has 0 saturated heterocycles. The summed E-state index contributed by atoms with van der Waals surface area (Å²) in [5.41, 5.74) is 7.40. The Kier molecular flexibility index (Phi) is 5.72. The molecule has 4 N–H and O–H groups in total. The molecule has 4 nitrogen and oxygen atoms in total. The van der Waals surface area contributed by atoms with Gasteiger partial charge in [0.25, 0.3) is 0 Å². The SMILES string of the molecule is Cc1cc(NCCCOCCO)c(N)cc1F. The van der Waals surface area contributed by atoms with Crippen LogP contribution in [0.15, 0.2) is 12.1 Å². The van der Waals surface area contributed by atoms with E-state index in [1.165, 1.54) is 6.07 Å². The molecule has 0 spiro atoms. The van der Waals surface area contributed by atoms with Crippen LogP contribution < -0.4 is 11.1 Å². The lowest BCUT2D eigenvalue weighted by Crippen LogP contribution is -2.09. The van der Waals surface area contributed by atoms with Gasteiger partial charge in [-0.15, -0.1) is 0 Å². The zero-order chi connectivity index (χ0) is 12.7. The van der Waals surface area contributed by atoms with Gasteiger partial charge in [0.1, 0.15) is 5.82 Å². The van der Waals surface area contributed by atoms with Gasteiger partial charge in [0.05, 0.1) is 24.6 Å². The molecule has 0 aliphatic heterocycles. The van der Waals surface area contributed by atoms with E-state index in [0.717, 1.165) is 12.1 Å². The highest BCUT2D eigenvalue weighted by atomic mass is 19.1. The van der Waals surface area contributed by atoms with Crippen molar-refractivity contribution in [1.82, 2.24) is 0 Å². The van der Waals surface area contributed by atoms with Crippen molar-refractivity contribution >= 4 is 11.4 Å². The summed E-state index contributed by atoms with van der Waals surface area (Å²) < 4.78 is 18.2. The molecule has 0 bridgehead atoms. The summed E-state index contributed by atoms with van der Waals surface area (Å²) in [5, 5.41) is 11.6. The van der Waals surface area contributed by atoms with Crippen LogP contribution in [0, 0.1) is 12.7 Å². The maximum Gasteiger partial charge on any atom is 0.128 e. The van der Waals surface area contributed by atoms with Crippen LogP contribution in [-0.2, 0) is 4.74 Å². The minimum Gasteiger partial charge on any atom is -0.397 e. The number of aliphatic hydroxyl groups excluding tert-OH is 1. The van der Waals surface area contributed by atoms with Crippen molar-refractivity contribution in [2.75, 3.05) is 37.4 Å². The highest BCUT2D eigenvalue weighted by Crippen LogP contribution is 2.22. The van der Waals surface area contributed by atoms with E-state index >= 15 is 0 Å². The maximum absolute atomic E-state index is 13.1. The van der Waals surface area contributed by atoms with Crippen LogP contribution >= 0.6 is 0 Å². The first-order chi connectivity index (χ1) is 8.15. The molecule has 0 aliphatic carbocycles. The second kappa shape index (κ2) is 7.09. The first kappa shape index (κ1) is 13.7. The second-order valence-corrected chi connectivity index (χ2v) is 3.80. The van der Waals surface area contributed by atoms with Crippen LogP contribution in [-0.4, -0.2) is 31.5 Å². The Morgan fingerprint density at radius 2 is 2.18 bits per heavy atom. The standard InChI is InChI=1S/C12H19FN2O2/c1-9-7-12(11(14)8-10(9)13)15-3-2-5-17-6-4-16/h7-8,15-16H,2-6,14H2,1H3. The third-order valence-electron chi connectivity index (χ3n) is 2.35. The molecule has 0 aliphatic rings. The average molecular weight is 242 g/mol. The summed E-state index contributed by atoms with van der Waals surface area (Å²) in [4.78, 5) is 0. The third-order valence-corrected chi connectivity index (χ3v) is 2.35. The molecular formula is C12H19FN2O2. The Morgan fingerprint density at radius 1 is 1.41 bits per heavy atom. The Hall–Kier alpha value is -1.33. The molecule has 1 aromatic rings. The van der Waals surface area contributed by atoms with Gasteiger partial charge in [-0.2, -0.15) is 0 Å². The largest absolute Gasteiger partial charge is 0.397 e. The number of ether oxygens (including phenoxy) is 1. The van der Waals surface area contributed by atoms with Gasteiger partial charge in [-0.1, -0.05) is 0 Å². The molecule has 1 rings (SSSR count). The number of aryl methyl sites for hydroxylation is 1. The molecule has 0 fully saturated rings. The Balaban J connectivity index is 2.34. The topological polar surface area (TPSA) is 67.5 Å². The fourth-order valence-corrected chi connectivity index (χ4v) is 1.41. The van der Waals surface area contributed by atoms with Crippen molar-refractivity contribution in [2.45, 2.75) is 13.3 Å².